The van der Waals surface area contributed by atoms with Crippen molar-refractivity contribution in [2.24, 2.45) is 29.1 Å². The molecule has 4 nitrogen and oxygen atoms in total. The first-order valence-corrected chi connectivity index (χ1v) is 12.7. The van der Waals surface area contributed by atoms with Crippen LogP contribution in [0, 0.1) is 29.1 Å². The average molecular weight is 506 g/mol. The van der Waals surface area contributed by atoms with Crippen LogP contribution in [0.15, 0.2) is 36.0 Å². The fourth-order valence-corrected chi connectivity index (χ4v) is 6.67. The van der Waals surface area contributed by atoms with Gasteiger partial charge in [0, 0.05) is 33.8 Å². The summed E-state index contributed by atoms with van der Waals surface area (Å²) in [7, 11) is 0. The number of rotatable bonds is 4. The van der Waals surface area contributed by atoms with E-state index in [-0.39, 0.29) is 23.4 Å². The number of amides is 1. The molecule has 1 amide bonds. The zero-order valence-electron chi connectivity index (χ0n) is 20.2. The number of aromatic nitrogens is 1. The van der Waals surface area contributed by atoms with Crippen LogP contribution in [-0.2, 0) is 11.0 Å². The number of halogens is 4. The SMILES string of the molecule is CC1C(C(=O)N[C@@H]2CC=C(Nc3cc(C(F)(F)F)nc4ccc(Cl)cc34)CC2)CC2CC1C2(C)C. The predicted molar refractivity (Wildman–Crippen MR) is 132 cm³/mol. The third kappa shape index (κ3) is 4.52. The normalized spacial score (nSPS) is 29.8. The topological polar surface area (TPSA) is 54.0 Å². The monoisotopic (exact) mass is 505 g/mol. The van der Waals surface area contributed by atoms with E-state index in [4.69, 9.17) is 11.6 Å². The molecule has 4 unspecified atom stereocenters. The number of nitrogens with one attached hydrogen (secondary N) is 2. The van der Waals surface area contributed by atoms with Crippen LogP contribution in [0.3, 0.4) is 0 Å². The Morgan fingerprint density at radius 2 is 1.97 bits per heavy atom. The van der Waals surface area contributed by atoms with Gasteiger partial charge in [0.2, 0.25) is 5.91 Å². The lowest BCUT2D eigenvalue weighted by Gasteiger charge is -2.61. The Bertz CT molecular complexity index is 1190. The van der Waals surface area contributed by atoms with Crippen molar-refractivity contribution in [1.82, 2.24) is 10.3 Å². The van der Waals surface area contributed by atoms with Gasteiger partial charge >= 0.3 is 6.18 Å². The van der Waals surface area contributed by atoms with Crippen molar-refractivity contribution in [2.75, 3.05) is 5.32 Å². The first-order chi connectivity index (χ1) is 16.4. The molecule has 3 fully saturated rings. The molecular weight excluding hydrogens is 475 g/mol. The Balaban J connectivity index is 1.26. The van der Waals surface area contributed by atoms with Gasteiger partial charge in [0.05, 0.1) is 5.52 Å². The lowest BCUT2D eigenvalue weighted by molar-refractivity contribution is -0.154. The number of pyridine rings is 1. The molecule has 6 rings (SSSR count). The minimum absolute atomic E-state index is 0.0425. The number of benzene rings is 1. The van der Waals surface area contributed by atoms with Gasteiger partial charge in [-0.2, -0.15) is 13.2 Å². The summed E-state index contributed by atoms with van der Waals surface area (Å²) in [6.07, 6.45) is 1.64. The van der Waals surface area contributed by atoms with Gasteiger partial charge in [0.1, 0.15) is 5.69 Å². The van der Waals surface area contributed by atoms with E-state index in [1.807, 2.05) is 6.08 Å². The molecule has 2 bridgehead atoms. The molecular formula is C27H31ClF3N3O. The van der Waals surface area contributed by atoms with Crippen molar-refractivity contribution in [1.29, 1.82) is 0 Å². The van der Waals surface area contributed by atoms with Crippen molar-refractivity contribution in [2.45, 2.75) is 65.1 Å². The van der Waals surface area contributed by atoms with Crippen LogP contribution in [0.4, 0.5) is 18.9 Å². The summed E-state index contributed by atoms with van der Waals surface area (Å²) >= 11 is 6.10. The minimum Gasteiger partial charge on any atom is -0.359 e. The van der Waals surface area contributed by atoms with Crippen molar-refractivity contribution < 1.29 is 18.0 Å². The zero-order valence-corrected chi connectivity index (χ0v) is 20.9. The molecule has 35 heavy (non-hydrogen) atoms. The predicted octanol–water partition coefficient (Wildman–Crippen LogP) is 7.19. The van der Waals surface area contributed by atoms with Crippen molar-refractivity contribution in [3.05, 3.63) is 46.8 Å². The number of carbonyl (C=O) groups is 1. The van der Waals surface area contributed by atoms with Crippen molar-refractivity contribution in [3.8, 4) is 0 Å². The molecule has 2 aromatic rings. The number of fused-ring (bicyclic) bond motifs is 3. The Labute approximate surface area is 208 Å². The van der Waals surface area contributed by atoms with E-state index in [0.717, 1.165) is 24.6 Å². The molecule has 1 aromatic heterocycles. The third-order valence-corrected chi connectivity index (χ3v) is 9.04. The van der Waals surface area contributed by atoms with Gasteiger partial charge in [-0.3, -0.25) is 4.79 Å². The van der Waals surface area contributed by atoms with E-state index in [9.17, 15) is 18.0 Å². The molecule has 1 heterocycles. The van der Waals surface area contributed by atoms with Crippen LogP contribution < -0.4 is 10.6 Å². The number of hydrogen-bond donors (Lipinski definition) is 2. The fourth-order valence-electron chi connectivity index (χ4n) is 6.50. The number of allylic oxidation sites excluding steroid dienone is 1. The summed E-state index contributed by atoms with van der Waals surface area (Å²) in [5.41, 5.74) is 0.800. The van der Waals surface area contributed by atoms with Crippen molar-refractivity contribution in [3.63, 3.8) is 0 Å². The van der Waals surface area contributed by atoms with Gasteiger partial charge in [0.25, 0.3) is 0 Å². The van der Waals surface area contributed by atoms with Crippen LogP contribution >= 0.6 is 11.6 Å². The molecule has 1 aromatic carbocycles. The summed E-state index contributed by atoms with van der Waals surface area (Å²) in [5, 5.41) is 7.40. The first-order valence-electron chi connectivity index (χ1n) is 12.4. The molecule has 3 saturated carbocycles. The number of carbonyl (C=O) groups excluding carboxylic acids is 1. The highest BCUT2D eigenvalue weighted by Crippen LogP contribution is 2.62. The quantitative estimate of drug-likeness (QED) is 0.462. The molecule has 4 aliphatic rings. The number of hydrogen-bond acceptors (Lipinski definition) is 3. The number of nitrogens with zero attached hydrogens (tertiary/aromatic N) is 1. The summed E-state index contributed by atoms with van der Waals surface area (Å²) in [5.74, 6) is 1.86. The van der Waals surface area contributed by atoms with E-state index < -0.39 is 11.9 Å². The van der Waals surface area contributed by atoms with Crippen molar-refractivity contribution >= 4 is 34.1 Å². The smallest absolute Gasteiger partial charge is 0.359 e. The van der Waals surface area contributed by atoms with Gasteiger partial charge in [-0.15, -0.1) is 0 Å². The maximum Gasteiger partial charge on any atom is 0.433 e. The van der Waals surface area contributed by atoms with Crippen LogP contribution in [0.2, 0.25) is 5.02 Å². The maximum absolute atomic E-state index is 13.4. The molecule has 0 aliphatic heterocycles. The lowest BCUT2D eigenvalue weighted by Crippen LogP contribution is -2.58. The van der Waals surface area contributed by atoms with E-state index in [1.165, 1.54) is 18.6 Å². The van der Waals surface area contributed by atoms with Gasteiger partial charge in [-0.05, 0) is 79.5 Å². The van der Waals surface area contributed by atoms with Gasteiger partial charge in [0.15, 0.2) is 0 Å². The standard InChI is InChI=1S/C27H31ClF3N3O/c1-14-19(10-15-11-21(14)26(15,2)3)25(35)33-18-7-5-17(6-8-18)32-23-13-24(27(29,30)31)34-22-9-4-16(28)12-20(22)23/h4-5,9,12-15,18-19,21H,6-8,10-11H2,1-3H3,(H,32,34)(H,33,35)/t14?,15?,18-,19?,21?/m1/s1. The van der Waals surface area contributed by atoms with Crippen LogP contribution in [0.1, 0.15) is 58.6 Å². The van der Waals surface area contributed by atoms with E-state index in [1.54, 1.807) is 6.07 Å². The number of alkyl halides is 3. The second-order valence-corrected chi connectivity index (χ2v) is 11.5. The van der Waals surface area contributed by atoms with E-state index in [0.29, 0.717) is 52.1 Å². The molecule has 4 aliphatic carbocycles. The highest BCUT2D eigenvalue weighted by Gasteiger charge is 2.57. The third-order valence-electron chi connectivity index (χ3n) is 8.80. The summed E-state index contributed by atoms with van der Waals surface area (Å²) in [6, 6.07) is 5.73. The van der Waals surface area contributed by atoms with Crippen LogP contribution in [0.5, 0.6) is 0 Å². The lowest BCUT2D eigenvalue weighted by atomic mass is 9.43. The maximum atomic E-state index is 13.4. The first kappa shape index (κ1) is 24.4. The molecule has 2 N–H and O–H groups in total. The molecule has 0 saturated heterocycles. The Hall–Kier alpha value is -2.28. The fraction of sp³-hybridized carbons (Fsp3) is 0.556. The van der Waals surface area contributed by atoms with E-state index >= 15 is 0 Å². The van der Waals surface area contributed by atoms with Gasteiger partial charge in [-0.1, -0.05) is 38.4 Å². The molecule has 0 radical (unpaired) electrons. The number of anilines is 1. The highest BCUT2D eigenvalue weighted by molar-refractivity contribution is 6.31. The average Bonchev–Trinajstić information content (AvgIpc) is 2.79. The molecule has 8 heteroatoms. The zero-order chi connectivity index (χ0) is 25.1. The molecule has 5 atom stereocenters. The summed E-state index contributed by atoms with van der Waals surface area (Å²) in [6.45, 7) is 6.87. The van der Waals surface area contributed by atoms with E-state index in [2.05, 4.69) is 36.4 Å². The minimum atomic E-state index is -4.55. The second kappa shape index (κ2) is 8.68. The Kier molecular flexibility index (Phi) is 6.06. The Morgan fingerprint density at radius 3 is 2.60 bits per heavy atom. The summed E-state index contributed by atoms with van der Waals surface area (Å²) < 4.78 is 40.2. The molecule has 0 spiro atoms. The van der Waals surface area contributed by atoms with Gasteiger partial charge in [-0.25, -0.2) is 4.98 Å². The largest absolute Gasteiger partial charge is 0.433 e. The summed E-state index contributed by atoms with van der Waals surface area (Å²) in [4.78, 5) is 16.8. The molecule has 188 valence electrons. The second-order valence-electron chi connectivity index (χ2n) is 11.1. The van der Waals surface area contributed by atoms with Gasteiger partial charge < -0.3 is 10.6 Å². The van der Waals surface area contributed by atoms with Crippen LogP contribution in [0.25, 0.3) is 10.9 Å². The van der Waals surface area contributed by atoms with Crippen LogP contribution in [-0.4, -0.2) is 16.9 Å². The Morgan fingerprint density at radius 1 is 1.20 bits per heavy atom. The highest BCUT2D eigenvalue weighted by atomic mass is 35.5.